The third kappa shape index (κ3) is 0.829. The average molecular weight is 170 g/mol. The zero-order valence-electron chi connectivity index (χ0n) is 6.99. The van der Waals surface area contributed by atoms with Crippen molar-refractivity contribution < 1.29 is 15.0 Å². The predicted octanol–water partition coefficient (Wildman–Crippen LogP) is 1.01. The largest absolute Gasteiger partial charge is 0.481 e. The van der Waals surface area contributed by atoms with Crippen LogP contribution < -0.4 is 0 Å². The maximum absolute atomic E-state index is 11.0. The Kier molecular flexibility index (Phi) is 1.65. The molecule has 2 bridgehead atoms. The van der Waals surface area contributed by atoms with Crippen LogP contribution >= 0.6 is 0 Å². The van der Waals surface area contributed by atoms with E-state index in [1.165, 1.54) is 0 Å². The number of hydrogen-bond donors (Lipinski definition) is 2. The van der Waals surface area contributed by atoms with E-state index in [-0.39, 0.29) is 5.92 Å². The zero-order valence-corrected chi connectivity index (χ0v) is 6.99. The summed E-state index contributed by atoms with van der Waals surface area (Å²) in [7, 11) is 0. The van der Waals surface area contributed by atoms with E-state index >= 15 is 0 Å². The van der Waals surface area contributed by atoms with Crippen molar-refractivity contribution in [3.05, 3.63) is 0 Å². The molecule has 0 aromatic rings. The number of rotatable bonds is 1. The third-order valence-electron chi connectivity index (χ3n) is 3.60. The first-order valence-electron chi connectivity index (χ1n) is 4.58. The van der Waals surface area contributed by atoms with Crippen molar-refractivity contribution in [2.45, 2.75) is 38.2 Å². The van der Waals surface area contributed by atoms with Gasteiger partial charge in [0.25, 0.3) is 0 Å². The van der Waals surface area contributed by atoms with Gasteiger partial charge in [0.1, 0.15) is 0 Å². The first kappa shape index (κ1) is 8.05. The summed E-state index contributed by atoms with van der Waals surface area (Å²) in [5.74, 6) is -0.535. The highest BCUT2D eigenvalue weighted by molar-refractivity contribution is 5.76. The molecule has 0 aromatic carbocycles. The molecule has 2 saturated carbocycles. The Hall–Kier alpha value is -0.570. The van der Waals surface area contributed by atoms with Crippen molar-refractivity contribution in [3.63, 3.8) is 0 Å². The molecule has 0 aromatic heterocycles. The van der Waals surface area contributed by atoms with Crippen LogP contribution in [0, 0.1) is 11.3 Å². The van der Waals surface area contributed by atoms with Crippen molar-refractivity contribution in [1.29, 1.82) is 0 Å². The van der Waals surface area contributed by atoms with Gasteiger partial charge in [-0.1, -0.05) is 6.42 Å². The van der Waals surface area contributed by atoms with Crippen molar-refractivity contribution in [1.82, 2.24) is 0 Å². The van der Waals surface area contributed by atoms with Crippen molar-refractivity contribution in [2.75, 3.05) is 0 Å². The number of aliphatic carboxylic acids is 1. The minimum Gasteiger partial charge on any atom is -0.481 e. The average Bonchev–Trinajstić information content (AvgIpc) is 2.28. The maximum Gasteiger partial charge on any atom is 0.312 e. The van der Waals surface area contributed by atoms with Crippen LogP contribution in [0.5, 0.6) is 0 Å². The summed E-state index contributed by atoms with van der Waals surface area (Å²) in [6.45, 7) is 0. The van der Waals surface area contributed by atoms with Crippen LogP contribution in [0.4, 0.5) is 0 Å². The molecule has 0 spiro atoms. The van der Waals surface area contributed by atoms with Crippen LogP contribution in [-0.2, 0) is 4.79 Å². The normalized spacial score (nSPS) is 46.1. The lowest BCUT2D eigenvalue weighted by molar-refractivity contribution is -0.158. The molecule has 0 amide bonds. The Balaban J connectivity index is 2.29. The van der Waals surface area contributed by atoms with E-state index in [2.05, 4.69) is 0 Å². The molecule has 0 saturated heterocycles. The molecular formula is C9H14O3. The monoisotopic (exact) mass is 170 g/mol. The van der Waals surface area contributed by atoms with E-state index in [0.29, 0.717) is 12.8 Å². The summed E-state index contributed by atoms with van der Waals surface area (Å²) in [6.07, 6.45) is 3.63. The summed E-state index contributed by atoms with van der Waals surface area (Å²) in [4.78, 5) is 11.0. The van der Waals surface area contributed by atoms with Crippen LogP contribution in [0.2, 0.25) is 0 Å². The van der Waals surface area contributed by atoms with E-state index in [4.69, 9.17) is 5.11 Å². The highest BCUT2D eigenvalue weighted by Gasteiger charge is 2.54. The van der Waals surface area contributed by atoms with Crippen molar-refractivity contribution in [2.24, 2.45) is 11.3 Å². The zero-order chi connectivity index (χ0) is 8.77. The van der Waals surface area contributed by atoms with Crippen LogP contribution in [0.3, 0.4) is 0 Å². The molecule has 3 heteroatoms. The van der Waals surface area contributed by atoms with Gasteiger partial charge < -0.3 is 10.2 Å². The lowest BCUT2D eigenvalue weighted by atomic mass is 9.73. The SMILES string of the molecule is O=C(O)C12CCCC(CC1)C2O. The number of hydrogen-bond acceptors (Lipinski definition) is 2. The fraction of sp³-hybridized carbons (Fsp3) is 0.889. The van der Waals surface area contributed by atoms with E-state index in [0.717, 1.165) is 19.3 Å². The third-order valence-corrected chi connectivity index (χ3v) is 3.60. The van der Waals surface area contributed by atoms with Crippen molar-refractivity contribution in [3.8, 4) is 0 Å². The molecule has 68 valence electrons. The Labute approximate surface area is 71.4 Å². The molecule has 2 aliphatic carbocycles. The number of carbonyl (C=O) groups is 1. The summed E-state index contributed by atoms with van der Waals surface area (Å²) in [6, 6.07) is 0. The molecule has 0 radical (unpaired) electrons. The molecule has 2 aliphatic rings. The quantitative estimate of drug-likeness (QED) is 0.617. The van der Waals surface area contributed by atoms with Gasteiger partial charge >= 0.3 is 5.97 Å². The molecule has 3 atom stereocenters. The minimum absolute atomic E-state index is 0.259. The molecule has 0 heterocycles. The minimum atomic E-state index is -0.794. The number of aliphatic hydroxyl groups is 1. The molecule has 0 aliphatic heterocycles. The molecule has 2 N–H and O–H groups in total. The van der Waals surface area contributed by atoms with Gasteiger partial charge in [-0.15, -0.1) is 0 Å². The number of fused-ring (bicyclic) bond motifs is 2. The molecular weight excluding hydrogens is 156 g/mol. The lowest BCUT2D eigenvalue weighted by Crippen LogP contribution is -2.43. The van der Waals surface area contributed by atoms with Gasteiger partial charge in [-0.2, -0.15) is 0 Å². The van der Waals surface area contributed by atoms with E-state index in [9.17, 15) is 9.90 Å². The molecule has 2 fully saturated rings. The maximum atomic E-state index is 11.0. The van der Waals surface area contributed by atoms with Crippen LogP contribution in [-0.4, -0.2) is 22.3 Å². The lowest BCUT2D eigenvalue weighted by Gasteiger charge is -2.34. The number of aliphatic hydroxyl groups excluding tert-OH is 1. The highest BCUT2D eigenvalue weighted by atomic mass is 16.4. The summed E-state index contributed by atoms with van der Waals surface area (Å²) >= 11 is 0. The Bertz CT molecular complexity index is 210. The van der Waals surface area contributed by atoms with E-state index in [1.54, 1.807) is 0 Å². The molecule has 12 heavy (non-hydrogen) atoms. The highest BCUT2D eigenvalue weighted by Crippen LogP contribution is 2.51. The van der Waals surface area contributed by atoms with Gasteiger partial charge in [0.2, 0.25) is 0 Å². The van der Waals surface area contributed by atoms with Gasteiger partial charge in [-0.05, 0) is 31.6 Å². The van der Waals surface area contributed by atoms with Gasteiger partial charge in [0.05, 0.1) is 11.5 Å². The van der Waals surface area contributed by atoms with Crippen LogP contribution in [0.1, 0.15) is 32.1 Å². The van der Waals surface area contributed by atoms with Crippen molar-refractivity contribution >= 4 is 5.97 Å². The van der Waals surface area contributed by atoms with Gasteiger partial charge in [0, 0.05) is 0 Å². The van der Waals surface area contributed by atoms with Crippen LogP contribution in [0.25, 0.3) is 0 Å². The summed E-state index contributed by atoms with van der Waals surface area (Å²) in [5, 5.41) is 18.8. The van der Waals surface area contributed by atoms with Gasteiger partial charge in [-0.3, -0.25) is 4.79 Å². The second kappa shape index (κ2) is 2.46. The van der Waals surface area contributed by atoms with Crippen LogP contribution in [0.15, 0.2) is 0 Å². The Morgan fingerprint density at radius 3 is 2.67 bits per heavy atom. The first-order valence-corrected chi connectivity index (χ1v) is 4.58. The molecule has 2 rings (SSSR count). The Morgan fingerprint density at radius 2 is 2.08 bits per heavy atom. The topological polar surface area (TPSA) is 57.5 Å². The fourth-order valence-electron chi connectivity index (χ4n) is 2.80. The standard InChI is InChI=1S/C9H14O3/c10-7-6-2-1-4-9(7,5-3-6)8(11)12/h6-7,10H,1-5H2,(H,11,12). The molecule has 3 unspecified atom stereocenters. The second-order valence-corrected chi connectivity index (χ2v) is 4.10. The fourth-order valence-corrected chi connectivity index (χ4v) is 2.80. The second-order valence-electron chi connectivity index (χ2n) is 4.10. The summed E-state index contributed by atoms with van der Waals surface area (Å²) in [5.41, 5.74) is -0.775. The van der Waals surface area contributed by atoms with E-state index in [1.807, 2.05) is 0 Å². The number of carboxylic acids is 1. The molecule has 3 nitrogen and oxygen atoms in total. The number of carboxylic acid groups (broad SMARTS) is 1. The first-order chi connectivity index (χ1) is 5.67. The smallest absolute Gasteiger partial charge is 0.312 e. The van der Waals surface area contributed by atoms with E-state index < -0.39 is 17.5 Å². The van der Waals surface area contributed by atoms with Gasteiger partial charge in [-0.25, -0.2) is 0 Å². The van der Waals surface area contributed by atoms with Gasteiger partial charge in [0.15, 0.2) is 0 Å². The summed E-state index contributed by atoms with van der Waals surface area (Å²) < 4.78 is 0. The predicted molar refractivity (Wildman–Crippen MR) is 42.7 cm³/mol. The Morgan fingerprint density at radius 1 is 1.33 bits per heavy atom.